The van der Waals surface area contributed by atoms with Gasteiger partial charge in [-0.15, -0.1) is 0 Å². The number of halogens is 3. The van der Waals surface area contributed by atoms with Gasteiger partial charge in [0.2, 0.25) is 5.89 Å². The second kappa shape index (κ2) is 10.7. The maximum Gasteiger partial charge on any atom is 0.416 e. The van der Waals surface area contributed by atoms with E-state index in [9.17, 15) is 18.0 Å². The van der Waals surface area contributed by atoms with Gasteiger partial charge in [-0.3, -0.25) is 9.69 Å². The number of hydrogen-bond acceptors (Lipinski definition) is 4. The summed E-state index contributed by atoms with van der Waals surface area (Å²) in [6, 6.07) is 14.8. The number of aromatic nitrogens is 1. The van der Waals surface area contributed by atoms with Crippen molar-refractivity contribution >= 4 is 5.91 Å². The van der Waals surface area contributed by atoms with Crippen molar-refractivity contribution in [1.82, 2.24) is 15.2 Å². The first-order chi connectivity index (χ1) is 15.7. The molecule has 1 aromatic heterocycles. The van der Waals surface area contributed by atoms with E-state index in [0.29, 0.717) is 0 Å². The maximum atomic E-state index is 13.6. The molecule has 1 heterocycles. The van der Waals surface area contributed by atoms with Gasteiger partial charge in [0.15, 0.2) is 5.69 Å². The molecule has 0 saturated heterocycles. The number of oxazole rings is 1. The van der Waals surface area contributed by atoms with Crippen molar-refractivity contribution in [2.75, 3.05) is 0 Å². The van der Waals surface area contributed by atoms with E-state index < -0.39 is 11.7 Å². The van der Waals surface area contributed by atoms with Crippen molar-refractivity contribution in [3.8, 4) is 0 Å². The normalized spacial score (nSPS) is 13.7. The molecule has 176 valence electrons. The first-order valence-corrected chi connectivity index (χ1v) is 10.9. The third-order valence-corrected chi connectivity index (χ3v) is 5.64. The molecule has 0 radical (unpaired) electrons. The van der Waals surface area contributed by atoms with Crippen molar-refractivity contribution in [3.05, 3.63) is 89.1 Å². The summed E-state index contributed by atoms with van der Waals surface area (Å²) in [6.45, 7) is 5.94. The molecule has 0 saturated carbocycles. The molecule has 3 rings (SSSR count). The van der Waals surface area contributed by atoms with Gasteiger partial charge >= 0.3 is 6.18 Å². The number of benzene rings is 2. The van der Waals surface area contributed by atoms with Gasteiger partial charge in [-0.05, 0) is 37.5 Å². The fourth-order valence-electron chi connectivity index (χ4n) is 3.49. The van der Waals surface area contributed by atoms with Gasteiger partial charge in [-0.1, -0.05) is 55.5 Å². The molecule has 8 heteroatoms. The lowest BCUT2D eigenvalue weighted by atomic mass is 10.0. The lowest BCUT2D eigenvalue weighted by Gasteiger charge is -2.29. The molecule has 5 nitrogen and oxygen atoms in total. The van der Waals surface area contributed by atoms with Crippen molar-refractivity contribution in [3.63, 3.8) is 0 Å². The Bertz CT molecular complexity index is 1050. The highest BCUT2D eigenvalue weighted by Crippen LogP contribution is 2.34. The number of nitrogens with one attached hydrogen (secondary N) is 1. The fraction of sp³-hybridized carbons (Fsp3) is 0.360. The smallest absolute Gasteiger partial charge is 0.416 e. The molecule has 3 aromatic rings. The summed E-state index contributed by atoms with van der Waals surface area (Å²) in [6.07, 6.45) is -2.40. The number of hydrogen-bond donors (Lipinski definition) is 1. The van der Waals surface area contributed by atoms with Crippen molar-refractivity contribution in [1.29, 1.82) is 0 Å². The molecule has 2 aromatic carbocycles. The minimum absolute atomic E-state index is 0.00822. The van der Waals surface area contributed by atoms with Crippen LogP contribution in [0, 0.1) is 0 Å². The largest absolute Gasteiger partial charge is 0.447 e. The molecule has 1 N–H and O–H groups in total. The zero-order chi connectivity index (χ0) is 24.0. The van der Waals surface area contributed by atoms with Crippen LogP contribution in [0.1, 0.15) is 66.3 Å². The van der Waals surface area contributed by atoms with E-state index in [4.69, 9.17) is 4.42 Å². The van der Waals surface area contributed by atoms with E-state index in [1.54, 1.807) is 6.07 Å². The second-order valence-corrected chi connectivity index (χ2v) is 8.06. The Morgan fingerprint density at radius 2 is 1.73 bits per heavy atom. The van der Waals surface area contributed by atoms with E-state index in [1.165, 1.54) is 18.4 Å². The Labute approximate surface area is 191 Å². The molecule has 2 atom stereocenters. The molecule has 0 bridgehead atoms. The Kier molecular flexibility index (Phi) is 7.92. The standard InChI is InChI=1S/C25H28F3N3O2/c1-4-17(2)29-24(32)22-16-33-23(30-22)15-31(18(3)19-10-6-5-7-11-19)14-20-12-8-9-13-21(20)25(26,27)28/h5-13,16-18H,4,14-15H2,1-3H3,(H,29,32). The molecule has 0 aliphatic heterocycles. The molecule has 0 spiro atoms. The average Bonchev–Trinajstić information content (AvgIpc) is 3.27. The van der Waals surface area contributed by atoms with Crippen LogP contribution in [-0.2, 0) is 19.3 Å². The Hall–Kier alpha value is -3.13. The fourth-order valence-corrected chi connectivity index (χ4v) is 3.49. The number of rotatable bonds is 9. The van der Waals surface area contributed by atoms with Gasteiger partial charge in [0, 0.05) is 18.6 Å². The summed E-state index contributed by atoms with van der Waals surface area (Å²) >= 11 is 0. The quantitative estimate of drug-likeness (QED) is 0.427. The van der Waals surface area contributed by atoms with E-state index in [1.807, 2.05) is 56.0 Å². The summed E-state index contributed by atoms with van der Waals surface area (Å²) in [5.41, 5.74) is 0.585. The monoisotopic (exact) mass is 459 g/mol. The van der Waals surface area contributed by atoms with Crippen LogP contribution in [0.25, 0.3) is 0 Å². The van der Waals surface area contributed by atoms with Gasteiger partial charge in [0.1, 0.15) is 6.26 Å². The van der Waals surface area contributed by atoms with Crippen LogP contribution in [0.4, 0.5) is 13.2 Å². The van der Waals surface area contributed by atoms with Crippen LogP contribution in [-0.4, -0.2) is 21.8 Å². The minimum atomic E-state index is -4.46. The highest BCUT2D eigenvalue weighted by Gasteiger charge is 2.34. The first kappa shape index (κ1) is 24.5. The van der Waals surface area contributed by atoms with Gasteiger partial charge in [0.05, 0.1) is 12.1 Å². The van der Waals surface area contributed by atoms with Crippen LogP contribution >= 0.6 is 0 Å². The van der Waals surface area contributed by atoms with Gasteiger partial charge in [-0.25, -0.2) is 4.98 Å². The van der Waals surface area contributed by atoms with Crippen LogP contribution in [0.2, 0.25) is 0 Å². The number of alkyl halides is 3. The number of amides is 1. The van der Waals surface area contributed by atoms with Crippen LogP contribution in [0.5, 0.6) is 0 Å². The van der Waals surface area contributed by atoms with Crippen LogP contribution < -0.4 is 5.32 Å². The third-order valence-electron chi connectivity index (χ3n) is 5.64. The highest BCUT2D eigenvalue weighted by molar-refractivity contribution is 5.92. The van der Waals surface area contributed by atoms with E-state index in [0.717, 1.165) is 18.1 Å². The molecule has 0 aliphatic rings. The van der Waals surface area contributed by atoms with Crippen LogP contribution in [0.15, 0.2) is 65.3 Å². The lowest BCUT2D eigenvalue weighted by molar-refractivity contribution is -0.138. The van der Waals surface area contributed by atoms with Crippen molar-refractivity contribution in [2.24, 2.45) is 0 Å². The number of nitrogens with zero attached hydrogens (tertiary/aromatic N) is 2. The van der Waals surface area contributed by atoms with Crippen LogP contribution in [0.3, 0.4) is 0 Å². The molecule has 33 heavy (non-hydrogen) atoms. The summed E-state index contributed by atoms with van der Waals surface area (Å²) < 4.78 is 46.3. The maximum absolute atomic E-state index is 13.6. The molecular formula is C25H28F3N3O2. The van der Waals surface area contributed by atoms with Gasteiger partial charge in [0.25, 0.3) is 5.91 Å². The number of carbonyl (C=O) groups is 1. The summed E-state index contributed by atoms with van der Waals surface area (Å²) in [5.74, 6) is -0.0824. The predicted octanol–water partition coefficient (Wildman–Crippen LogP) is 5.99. The van der Waals surface area contributed by atoms with Gasteiger partial charge in [-0.2, -0.15) is 13.2 Å². The summed E-state index contributed by atoms with van der Waals surface area (Å²) in [5, 5.41) is 2.82. The number of carbonyl (C=O) groups excluding carboxylic acids is 1. The Balaban J connectivity index is 1.87. The van der Waals surface area contributed by atoms with E-state index in [2.05, 4.69) is 10.3 Å². The second-order valence-electron chi connectivity index (χ2n) is 8.06. The molecule has 0 aliphatic carbocycles. The van der Waals surface area contributed by atoms with Gasteiger partial charge < -0.3 is 9.73 Å². The molecule has 0 fully saturated rings. The molecule has 1 amide bonds. The summed E-state index contributed by atoms with van der Waals surface area (Å²) in [4.78, 5) is 18.5. The van der Waals surface area contributed by atoms with Crippen molar-refractivity contribution in [2.45, 2.75) is 58.5 Å². The Morgan fingerprint density at radius 1 is 1.06 bits per heavy atom. The lowest BCUT2D eigenvalue weighted by Crippen LogP contribution is -2.32. The topological polar surface area (TPSA) is 58.4 Å². The zero-order valence-corrected chi connectivity index (χ0v) is 18.9. The SMILES string of the molecule is CCC(C)NC(=O)c1coc(CN(Cc2ccccc2C(F)(F)F)C(C)c2ccccc2)n1. The minimum Gasteiger partial charge on any atom is -0.447 e. The van der Waals surface area contributed by atoms with E-state index >= 15 is 0 Å². The average molecular weight is 460 g/mol. The molecule has 2 unspecified atom stereocenters. The first-order valence-electron chi connectivity index (χ1n) is 10.9. The highest BCUT2D eigenvalue weighted by atomic mass is 19.4. The molecular weight excluding hydrogens is 431 g/mol. The van der Waals surface area contributed by atoms with Crippen molar-refractivity contribution < 1.29 is 22.4 Å². The summed E-state index contributed by atoms with van der Waals surface area (Å²) in [7, 11) is 0. The third kappa shape index (κ3) is 6.44. The van der Waals surface area contributed by atoms with E-state index in [-0.39, 0.29) is 48.2 Å². The predicted molar refractivity (Wildman–Crippen MR) is 119 cm³/mol. The Morgan fingerprint density at radius 3 is 2.39 bits per heavy atom. The zero-order valence-electron chi connectivity index (χ0n) is 18.9.